The summed E-state index contributed by atoms with van der Waals surface area (Å²) in [6.45, 7) is 0. The third kappa shape index (κ3) is 5.21. The number of para-hydroxylation sites is 1. The minimum atomic E-state index is -4.54. The monoisotopic (exact) mass is 377 g/mol. The van der Waals surface area contributed by atoms with Crippen LogP contribution in [0.3, 0.4) is 0 Å². The van der Waals surface area contributed by atoms with Gasteiger partial charge in [-0.2, -0.15) is 13.2 Å². The van der Waals surface area contributed by atoms with Gasteiger partial charge in [-0.05, 0) is 37.1 Å². The van der Waals surface area contributed by atoms with E-state index in [1.807, 2.05) is 0 Å². The normalized spacial score (nSPS) is 15.8. The quantitative estimate of drug-likeness (QED) is 0.693. The highest BCUT2D eigenvalue weighted by molar-refractivity contribution is 6.03. The van der Waals surface area contributed by atoms with Crippen molar-refractivity contribution in [1.29, 1.82) is 0 Å². The van der Waals surface area contributed by atoms with Gasteiger partial charge in [0.2, 0.25) is 0 Å². The second-order valence-corrected chi connectivity index (χ2v) is 6.76. The summed E-state index contributed by atoms with van der Waals surface area (Å²) in [5.74, 6) is -0.670. The molecule has 1 aliphatic rings. The molecular weight excluding hydrogens is 355 g/mol. The van der Waals surface area contributed by atoms with E-state index in [0.717, 1.165) is 24.6 Å². The van der Waals surface area contributed by atoms with E-state index in [0.29, 0.717) is 6.04 Å². The van der Waals surface area contributed by atoms with Crippen LogP contribution in [0.4, 0.5) is 24.5 Å². The zero-order chi connectivity index (χ0) is 19.3. The molecule has 1 heterocycles. The van der Waals surface area contributed by atoms with Crippen molar-refractivity contribution in [2.24, 2.45) is 0 Å². The van der Waals surface area contributed by atoms with Crippen LogP contribution < -0.4 is 10.6 Å². The Morgan fingerprint density at radius 1 is 1.04 bits per heavy atom. The first-order valence-corrected chi connectivity index (χ1v) is 9.13. The van der Waals surface area contributed by atoms with Gasteiger partial charge in [-0.1, -0.05) is 37.8 Å². The Bertz CT molecular complexity index is 784. The highest BCUT2D eigenvalue weighted by Crippen LogP contribution is 2.34. The molecule has 27 heavy (non-hydrogen) atoms. The van der Waals surface area contributed by atoms with Crippen LogP contribution in [0, 0.1) is 0 Å². The first-order valence-electron chi connectivity index (χ1n) is 9.13. The summed E-state index contributed by atoms with van der Waals surface area (Å²) in [6.07, 6.45) is 3.91. The van der Waals surface area contributed by atoms with Gasteiger partial charge in [-0.15, -0.1) is 0 Å². The molecule has 1 aromatic carbocycles. The van der Waals surface area contributed by atoms with Gasteiger partial charge in [-0.25, -0.2) is 0 Å². The van der Waals surface area contributed by atoms with Crippen LogP contribution in [0.5, 0.6) is 0 Å². The topological polar surface area (TPSA) is 54.0 Å². The number of alkyl halides is 3. The molecule has 0 saturated heterocycles. The fourth-order valence-electron chi connectivity index (χ4n) is 3.33. The van der Waals surface area contributed by atoms with Crippen molar-refractivity contribution in [3.05, 3.63) is 53.9 Å². The number of halogens is 3. The average molecular weight is 377 g/mol. The Hall–Kier alpha value is -2.57. The molecule has 2 N–H and O–H groups in total. The van der Waals surface area contributed by atoms with Crippen molar-refractivity contribution in [1.82, 2.24) is 4.98 Å². The fraction of sp³-hybridized carbons (Fsp3) is 0.400. The van der Waals surface area contributed by atoms with Gasteiger partial charge in [0.1, 0.15) is 5.69 Å². The molecule has 0 bridgehead atoms. The van der Waals surface area contributed by atoms with Gasteiger partial charge in [0.15, 0.2) is 0 Å². The highest BCUT2D eigenvalue weighted by atomic mass is 19.4. The van der Waals surface area contributed by atoms with E-state index in [4.69, 9.17) is 0 Å². The maximum atomic E-state index is 13.1. The number of nitrogens with one attached hydrogen (secondary N) is 2. The molecule has 1 aromatic heterocycles. The Balaban J connectivity index is 1.72. The summed E-state index contributed by atoms with van der Waals surface area (Å²) < 4.78 is 39.2. The zero-order valence-corrected chi connectivity index (χ0v) is 14.9. The first-order chi connectivity index (χ1) is 12.9. The summed E-state index contributed by atoms with van der Waals surface area (Å²) in [6, 6.07) is 8.59. The molecule has 0 spiro atoms. The zero-order valence-electron chi connectivity index (χ0n) is 14.9. The molecule has 2 aromatic rings. The molecule has 0 aliphatic heterocycles. The lowest BCUT2D eigenvalue weighted by Crippen LogP contribution is -2.20. The molecule has 1 saturated carbocycles. The third-order valence-electron chi connectivity index (χ3n) is 4.70. The van der Waals surface area contributed by atoms with Crippen molar-refractivity contribution >= 4 is 17.3 Å². The molecule has 7 heteroatoms. The van der Waals surface area contributed by atoms with E-state index in [1.54, 1.807) is 12.1 Å². The van der Waals surface area contributed by atoms with Crippen molar-refractivity contribution in [2.75, 3.05) is 10.6 Å². The maximum Gasteiger partial charge on any atom is 0.418 e. The summed E-state index contributed by atoms with van der Waals surface area (Å²) in [5, 5.41) is 5.74. The van der Waals surface area contributed by atoms with Crippen molar-refractivity contribution in [3.63, 3.8) is 0 Å². The smallest absolute Gasteiger partial charge is 0.382 e. The van der Waals surface area contributed by atoms with E-state index in [1.165, 1.54) is 50.1 Å². The fourth-order valence-corrected chi connectivity index (χ4v) is 3.33. The number of benzene rings is 1. The van der Waals surface area contributed by atoms with Crippen LogP contribution >= 0.6 is 0 Å². The number of aromatic nitrogens is 1. The summed E-state index contributed by atoms with van der Waals surface area (Å²) in [5.41, 5.74) is -0.332. The first kappa shape index (κ1) is 19.2. The minimum absolute atomic E-state index is 0.0746. The molecule has 1 amide bonds. The molecular formula is C20H22F3N3O. The highest BCUT2D eigenvalue weighted by Gasteiger charge is 2.33. The lowest BCUT2D eigenvalue weighted by atomic mass is 10.1. The molecule has 144 valence electrons. The lowest BCUT2D eigenvalue weighted by Gasteiger charge is -2.18. The number of hydrogen-bond acceptors (Lipinski definition) is 3. The van der Waals surface area contributed by atoms with Gasteiger partial charge >= 0.3 is 6.18 Å². The van der Waals surface area contributed by atoms with E-state index < -0.39 is 17.6 Å². The Morgan fingerprint density at radius 3 is 2.44 bits per heavy atom. The molecule has 0 atom stereocenters. The van der Waals surface area contributed by atoms with Gasteiger partial charge < -0.3 is 10.6 Å². The molecule has 4 nitrogen and oxygen atoms in total. The Labute approximate surface area is 156 Å². The van der Waals surface area contributed by atoms with Gasteiger partial charge in [-0.3, -0.25) is 9.78 Å². The van der Waals surface area contributed by atoms with E-state index in [9.17, 15) is 18.0 Å². The van der Waals surface area contributed by atoms with Crippen LogP contribution in [0.25, 0.3) is 0 Å². The van der Waals surface area contributed by atoms with Gasteiger partial charge in [0, 0.05) is 17.9 Å². The molecule has 0 radical (unpaired) electrons. The lowest BCUT2D eigenvalue weighted by molar-refractivity contribution is -0.136. The predicted molar refractivity (Wildman–Crippen MR) is 98.7 cm³/mol. The molecule has 3 rings (SSSR count). The second-order valence-electron chi connectivity index (χ2n) is 6.76. The summed E-state index contributed by atoms with van der Waals surface area (Å²) >= 11 is 0. The predicted octanol–water partition coefficient (Wildman–Crippen LogP) is 5.49. The van der Waals surface area contributed by atoms with Crippen LogP contribution in [0.15, 0.2) is 42.6 Å². The van der Waals surface area contributed by atoms with Crippen LogP contribution in [-0.2, 0) is 6.18 Å². The number of carbonyl (C=O) groups excluding carboxylic acids is 1. The second kappa shape index (κ2) is 8.41. The number of pyridine rings is 1. The number of hydrogen-bond donors (Lipinski definition) is 2. The van der Waals surface area contributed by atoms with Crippen molar-refractivity contribution in [2.45, 2.75) is 50.7 Å². The van der Waals surface area contributed by atoms with Gasteiger partial charge in [0.25, 0.3) is 5.91 Å². The van der Waals surface area contributed by atoms with E-state index >= 15 is 0 Å². The standard InChI is InChI=1S/C20H22F3N3O/c21-20(22,23)16-9-5-6-10-17(16)26-19(27)18-13-15(11-12-24-18)25-14-7-3-1-2-4-8-14/h5-6,9-14H,1-4,7-8H2,(H,24,25)(H,26,27). The SMILES string of the molecule is O=C(Nc1ccccc1C(F)(F)F)c1cc(NC2CCCCCC2)ccn1. The number of carbonyl (C=O) groups is 1. The van der Waals surface area contributed by atoms with Crippen molar-refractivity contribution < 1.29 is 18.0 Å². The number of nitrogens with zero attached hydrogens (tertiary/aromatic N) is 1. The number of rotatable bonds is 4. The number of amides is 1. The van der Waals surface area contributed by atoms with E-state index in [2.05, 4.69) is 15.6 Å². The molecule has 1 aliphatic carbocycles. The minimum Gasteiger partial charge on any atom is -0.382 e. The van der Waals surface area contributed by atoms with Crippen LogP contribution in [0.2, 0.25) is 0 Å². The van der Waals surface area contributed by atoms with Gasteiger partial charge in [0.05, 0.1) is 11.3 Å². The summed E-state index contributed by atoms with van der Waals surface area (Å²) in [4.78, 5) is 16.4. The third-order valence-corrected chi connectivity index (χ3v) is 4.70. The number of anilines is 2. The maximum absolute atomic E-state index is 13.1. The average Bonchev–Trinajstić information content (AvgIpc) is 2.90. The van der Waals surface area contributed by atoms with E-state index in [-0.39, 0.29) is 11.4 Å². The molecule has 1 fully saturated rings. The largest absolute Gasteiger partial charge is 0.418 e. The van der Waals surface area contributed by atoms with Crippen LogP contribution in [0.1, 0.15) is 54.6 Å². The Kier molecular flexibility index (Phi) is 5.98. The van der Waals surface area contributed by atoms with Crippen molar-refractivity contribution in [3.8, 4) is 0 Å². The summed E-state index contributed by atoms with van der Waals surface area (Å²) in [7, 11) is 0. The molecule has 0 unspecified atom stereocenters. The Morgan fingerprint density at radius 2 is 1.74 bits per heavy atom. The van der Waals surface area contributed by atoms with Crippen LogP contribution in [-0.4, -0.2) is 16.9 Å².